The van der Waals surface area contributed by atoms with Crippen molar-refractivity contribution in [3.8, 4) is 0 Å². The van der Waals surface area contributed by atoms with Crippen LogP contribution in [0.1, 0.15) is 20.8 Å². The predicted molar refractivity (Wildman–Crippen MR) is 41.0 cm³/mol. The molecule has 0 radical (unpaired) electrons. The van der Waals surface area contributed by atoms with E-state index in [1.165, 1.54) is 11.3 Å². The number of hydrogen-bond acceptors (Lipinski definition) is 1. The highest BCUT2D eigenvalue weighted by Crippen LogP contribution is 2.20. The molecule has 2 heteroatoms. The maximum absolute atomic E-state index is 4.30. The van der Waals surface area contributed by atoms with Gasteiger partial charge in [-0.2, -0.15) is 0 Å². The van der Waals surface area contributed by atoms with Gasteiger partial charge in [-0.3, -0.25) is 0 Å². The van der Waals surface area contributed by atoms with E-state index in [4.69, 9.17) is 0 Å². The Hall–Kier alpha value is -0.660. The Balaban J connectivity index is 2.76. The first-order valence-electron chi connectivity index (χ1n) is 3.73. The van der Waals surface area contributed by atoms with Gasteiger partial charge in [0.1, 0.15) is 5.70 Å². The molecule has 0 spiro atoms. The number of hydrogen-bond donors (Lipinski definition) is 0. The summed E-state index contributed by atoms with van der Waals surface area (Å²) < 4.78 is 1.99. The van der Waals surface area contributed by atoms with E-state index < -0.39 is 0 Å². The zero-order valence-corrected chi connectivity index (χ0v) is 7.18. The Morgan fingerprint density at radius 3 is 2.30 bits per heavy atom. The molecule has 0 aromatic heterocycles. The third-order valence-corrected chi connectivity index (χ3v) is 1.88. The minimum absolute atomic E-state index is 0.647. The van der Waals surface area contributed by atoms with E-state index in [2.05, 4.69) is 25.9 Å². The van der Waals surface area contributed by atoms with E-state index >= 15 is 0 Å². The number of allylic oxidation sites excluding steroid dienone is 1. The molecule has 2 nitrogen and oxygen atoms in total. The monoisotopic (exact) mass is 139 g/mol. The molecular formula is C8H15N2+. The smallest absolute Gasteiger partial charge is 0.121 e. The van der Waals surface area contributed by atoms with Crippen LogP contribution in [0.15, 0.2) is 16.4 Å². The molecule has 0 fully saturated rings. The van der Waals surface area contributed by atoms with Gasteiger partial charge in [0.2, 0.25) is 0 Å². The summed E-state index contributed by atoms with van der Waals surface area (Å²) in [5.41, 5.74) is 2.68. The number of likely N-dealkylation sites (N-methyl/N-ethyl adjacent to an activating group) is 1. The SMILES string of the molecule is CC1=C(C(C)C)C[N+](C)=N1. The Morgan fingerprint density at radius 1 is 1.50 bits per heavy atom. The van der Waals surface area contributed by atoms with Crippen molar-refractivity contribution < 1.29 is 4.70 Å². The van der Waals surface area contributed by atoms with Gasteiger partial charge >= 0.3 is 0 Å². The summed E-state index contributed by atoms with van der Waals surface area (Å²) >= 11 is 0. The van der Waals surface area contributed by atoms with Crippen LogP contribution in [0.4, 0.5) is 0 Å². The lowest BCUT2D eigenvalue weighted by atomic mass is 10.0. The maximum atomic E-state index is 4.30. The lowest BCUT2D eigenvalue weighted by molar-refractivity contribution is -0.549. The Bertz CT molecular complexity index is 199. The van der Waals surface area contributed by atoms with Crippen LogP contribution in [0.5, 0.6) is 0 Å². The summed E-state index contributed by atoms with van der Waals surface area (Å²) in [6.45, 7) is 7.53. The molecule has 1 aliphatic heterocycles. The molecule has 1 rings (SSSR count). The van der Waals surface area contributed by atoms with E-state index in [0.717, 1.165) is 6.54 Å². The Labute approximate surface area is 62.3 Å². The highest BCUT2D eigenvalue weighted by Gasteiger charge is 2.20. The first kappa shape index (κ1) is 7.45. The van der Waals surface area contributed by atoms with Crippen molar-refractivity contribution in [3.63, 3.8) is 0 Å². The van der Waals surface area contributed by atoms with Crippen molar-refractivity contribution >= 4 is 0 Å². The summed E-state index contributed by atoms with van der Waals surface area (Å²) in [6, 6.07) is 0. The van der Waals surface area contributed by atoms with Gasteiger partial charge in [0, 0.05) is 5.57 Å². The first-order valence-corrected chi connectivity index (χ1v) is 3.73. The molecule has 0 aliphatic carbocycles. The lowest BCUT2D eigenvalue weighted by Crippen LogP contribution is -2.05. The molecule has 10 heavy (non-hydrogen) atoms. The normalized spacial score (nSPS) is 18.7. The Morgan fingerprint density at radius 2 is 2.10 bits per heavy atom. The minimum Gasteiger partial charge on any atom is -0.121 e. The van der Waals surface area contributed by atoms with Crippen LogP contribution < -0.4 is 0 Å². The fourth-order valence-corrected chi connectivity index (χ4v) is 1.32. The first-order chi connectivity index (χ1) is 4.61. The van der Waals surface area contributed by atoms with Gasteiger partial charge in [-0.05, 0) is 18.0 Å². The third-order valence-electron chi connectivity index (χ3n) is 1.88. The molecule has 0 N–H and O–H groups in total. The molecule has 0 saturated carbocycles. The number of azo groups is 2. The van der Waals surface area contributed by atoms with Crippen LogP contribution in [-0.2, 0) is 0 Å². The molecule has 1 heterocycles. The molecule has 0 unspecified atom stereocenters. The molecule has 0 aromatic rings. The van der Waals surface area contributed by atoms with E-state index in [1.54, 1.807) is 0 Å². The zero-order chi connectivity index (χ0) is 7.72. The fourth-order valence-electron chi connectivity index (χ4n) is 1.32. The molecule has 0 aromatic carbocycles. The second kappa shape index (κ2) is 2.52. The van der Waals surface area contributed by atoms with Crippen molar-refractivity contribution in [1.29, 1.82) is 0 Å². The molecule has 0 atom stereocenters. The van der Waals surface area contributed by atoms with Crippen LogP contribution in [0.25, 0.3) is 0 Å². The standard InChI is InChI=1S/C8H15N2/c1-6(2)8-5-10(4)9-7(8)3/h6H,5H2,1-4H3/q+1. The van der Waals surface area contributed by atoms with Gasteiger partial charge in [-0.25, -0.2) is 0 Å². The summed E-state index contributed by atoms with van der Waals surface area (Å²) in [6.07, 6.45) is 0. The average Bonchev–Trinajstić information content (AvgIpc) is 2.10. The second-order valence-corrected chi connectivity index (χ2v) is 3.18. The molecule has 0 amide bonds. The fraction of sp³-hybridized carbons (Fsp3) is 0.750. The van der Waals surface area contributed by atoms with Gasteiger partial charge in [-0.15, -0.1) is 4.70 Å². The molecule has 0 bridgehead atoms. The van der Waals surface area contributed by atoms with E-state index in [9.17, 15) is 0 Å². The van der Waals surface area contributed by atoms with Crippen molar-refractivity contribution in [2.45, 2.75) is 20.8 Å². The maximum Gasteiger partial charge on any atom is 0.192 e. The van der Waals surface area contributed by atoms with E-state index in [1.807, 2.05) is 11.7 Å². The molecular weight excluding hydrogens is 124 g/mol. The molecule has 56 valence electrons. The van der Waals surface area contributed by atoms with Crippen LogP contribution in [0.3, 0.4) is 0 Å². The average molecular weight is 139 g/mol. The second-order valence-electron chi connectivity index (χ2n) is 3.18. The highest BCUT2D eigenvalue weighted by molar-refractivity contribution is 5.14. The highest BCUT2D eigenvalue weighted by atomic mass is 15.3. The predicted octanol–water partition coefficient (Wildman–Crippen LogP) is 2.02. The van der Waals surface area contributed by atoms with Crippen molar-refractivity contribution in [2.75, 3.05) is 13.6 Å². The Kier molecular flexibility index (Phi) is 1.88. The summed E-state index contributed by atoms with van der Waals surface area (Å²) in [7, 11) is 2.01. The van der Waals surface area contributed by atoms with Gasteiger partial charge in [0.25, 0.3) is 0 Å². The summed E-state index contributed by atoms with van der Waals surface area (Å²) in [4.78, 5) is 0. The van der Waals surface area contributed by atoms with Gasteiger partial charge in [0.15, 0.2) is 13.6 Å². The van der Waals surface area contributed by atoms with Gasteiger partial charge in [-0.1, -0.05) is 13.8 Å². The number of rotatable bonds is 1. The van der Waals surface area contributed by atoms with Gasteiger partial charge < -0.3 is 0 Å². The lowest BCUT2D eigenvalue weighted by Gasteiger charge is -2.00. The largest absolute Gasteiger partial charge is 0.192 e. The van der Waals surface area contributed by atoms with Gasteiger partial charge in [0.05, 0.1) is 0 Å². The molecule has 1 aliphatic rings. The third kappa shape index (κ3) is 1.25. The van der Waals surface area contributed by atoms with Crippen LogP contribution >= 0.6 is 0 Å². The van der Waals surface area contributed by atoms with Crippen molar-refractivity contribution in [3.05, 3.63) is 11.3 Å². The minimum atomic E-state index is 0.647. The van der Waals surface area contributed by atoms with Crippen LogP contribution in [0.2, 0.25) is 0 Å². The van der Waals surface area contributed by atoms with Crippen LogP contribution in [-0.4, -0.2) is 18.3 Å². The molecule has 0 saturated heterocycles. The van der Waals surface area contributed by atoms with E-state index in [0.29, 0.717) is 5.92 Å². The quantitative estimate of drug-likeness (QED) is 0.494. The zero-order valence-electron chi connectivity index (χ0n) is 7.18. The van der Waals surface area contributed by atoms with E-state index in [-0.39, 0.29) is 0 Å². The summed E-state index contributed by atoms with van der Waals surface area (Å²) in [5.74, 6) is 0.647. The number of nitrogens with zero attached hydrogens (tertiary/aromatic N) is 2. The van der Waals surface area contributed by atoms with Crippen molar-refractivity contribution in [2.24, 2.45) is 11.0 Å². The van der Waals surface area contributed by atoms with Crippen LogP contribution in [0, 0.1) is 5.92 Å². The topological polar surface area (TPSA) is 15.4 Å². The summed E-state index contributed by atoms with van der Waals surface area (Å²) in [5, 5.41) is 4.30. The van der Waals surface area contributed by atoms with Crippen molar-refractivity contribution in [1.82, 2.24) is 0 Å².